The Morgan fingerprint density at radius 2 is 2.00 bits per heavy atom. The molecule has 1 aromatic carbocycles. The van der Waals surface area contributed by atoms with Crippen molar-refractivity contribution in [2.24, 2.45) is 0 Å². The monoisotopic (exact) mass is 341 g/mol. The lowest BCUT2D eigenvalue weighted by Gasteiger charge is -2.32. The first-order valence-electron chi connectivity index (χ1n) is 7.78. The average molecular weight is 341 g/mol. The number of ether oxygens (including phenoxy) is 1. The number of piperidine rings is 1. The summed E-state index contributed by atoms with van der Waals surface area (Å²) in [5.74, 6) is -0.132. The SMILES string of the molecule is CS(=O)(=O)c1ccc(OCCCN2CCCCC2C(=O)O)cc1. The van der Waals surface area contributed by atoms with Crippen LogP contribution in [0.15, 0.2) is 29.2 Å². The Kier molecular flexibility index (Phi) is 6.01. The minimum absolute atomic E-state index is 0.266. The summed E-state index contributed by atoms with van der Waals surface area (Å²) in [6.07, 6.45) is 4.62. The second-order valence-electron chi connectivity index (χ2n) is 5.83. The van der Waals surface area contributed by atoms with Crippen LogP contribution in [-0.2, 0) is 14.6 Å². The number of carboxylic acids is 1. The van der Waals surface area contributed by atoms with E-state index in [4.69, 9.17) is 4.74 Å². The fraction of sp³-hybridized carbons (Fsp3) is 0.562. The van der Waals surface area contributed by atoms with Crippen molar-refractivity contribution in [1.29, 1.82) is 0 Å². The zero-order chi connectivity index (χ0) is 16.9. The molecule has 1 aliphatic rings. The zero-order valence-electron chi connectivity index (χ0n) is 13.3. The van der Waals surface area contributed by atoms with Crippen molar-refractivity contribution in [3.05, 3.63) is 24.3 Å². The number of aliphatic carboxylic acids is 1. The number of likely N-dealkylation sites (tertiary alicyclic amines) is 1. The number of benzene rings is 1. The van der Waals surface area contributed by atoms with Crippen molar-refractivity contribution in [3.63, 3.8) is 0 Å². The number of hydrogen-bond acceptors (Lipinski definition) is 5. The molecular formula is C16H23NO5S. The molecule has 0 saturated carbocycles. The number of carboxylic acid groups (broad SMARTS) is 1. The summed E-state index contributed by atoms with van der Waals surface area (Å²) in [6.45, 7) is 1.99. The Morgan fingerprint density at radius 3 is 2.61 bits per heavy atom. The summed E-state index contributed by atoms with van der Waals surface area (Å²) in [7, 11) is -3.19. The molecule has 1 saturated heterocycles. The summed E-state index contributed by atoms with van der Waals surface area (Å²) in [6, 6.07) is 5.94. The van der Waals surface area contributed by atoms with Crippen LogP contribution in [0.5, 0.6) is 5.75 Å². The van der Waals surface area contributed by atoms with Gasteiger partial charge in [-0.3, -0.25) is 9.69 Å². The highest BCUT2D eigenvalue weighted by Crippen LogP contribution is 2.18. The third kappa shape index (κ3) is 5.21. The van der Waals surface area contributed by atoms with Crippen molar-refractivity contribution < 1.29 is 23.1 Å². The lowest BCUT2D eigenvalue weighted by molar-refractivity contribution is -0.144. The fourth-order valence-corrected chi connectivity index (χ4v) is 3.41. The highest BCUT2D eigenvalue weighted by molar-refractivity contribution is 7.90. The van der Waals surface area contributed by atoms with Gasteiger partial charge in [0, 0.05) is 12.8 Å². The standard InChI is InChI=1S/C16H23NO5S/c1-23(20,21)14-8-6-13(7-9-14)22-12-4-11-17-10-3-2-5-15(17)16(18)19/h6-9,15H,2-5,10-12H2,1H3,(H,18,19). The maximum absolute atomic E-state index is 11.4. The molecule has 0 spiro atoms. The first-order valence-corrected chi connectivity index (χ1v) is 9.67. The first-order chi connectivity index (χ1) is 10.9. The summed E-state index contributed by atoms with van der Waals surface area (Å²) in [5.41, 5.74) is 0. The molecule has 0 aromatic heterocycles. The summed E-state index contributed by atoms with van der Waals surface area (Å²) in [5, 5.41) is 9.21. The van der Waals surface area contributed by atoms with Crippen molar-refractivity contribution >= 4 is 15.8 Å². The molecule has 0 bridgehead atoms. The van der Waals surface area contributed by atoms with Crippen molar-refractivity contribution in [1.82, 2.24) is 4.90 Å². The third-order valence-corrected chi connectivity index (χ3v) is 5.14. The van der Waals surface area contributed by atoms with E-state index in [9.17, 15) is 18.3 Å². The van der Waals surface area contributed by atoms with Gasteiger partial charge in [0.25, 0.3) is 0 Å². The normalized spacial score (nSPS) is 19.4. The van der Waals surface area contributed by atoms with Gasteiger partial charge in [-0.05, 0) is 50.1 Å². The molecule has 1 aromatic rings. The van der Waals surface area contributed by atoms with E-state index in [2.05, 4.69) is 0 Å². The Labute approximate surface area is 137 Å². The number of rotatable bonds is 7. The average Bonchev–Trinajstić information content (AvgIpc) is 2.51. The van der Waals surface area contributed by atoms with E-state index in [1.807, 2.05) is 4.90 Å². The number of sulfone groups is 1. The van der Waals surface area contributed by atoms with Crippen LogP contribution in [0, 0.1) is 0 Å². The highest BCUT2D eigenvalue weighted by atomic mass is 32.2. The molecule has 7 heteroatoms. The van der Waals surface area contributed by atoms with E-state index >= 15 is 0 Å². The van der Waals surface area contributed by atoms with Gasteiger partial charge in [-0.2, -0.15) is 0 Å². The van der Waals surface area contributed by atoms with Crippen molar-refractivity contribution in [2.45, 2.75) is 36.6 Å². The molecule has 23 heavy (non-hydrogen) atoms. The third-order valence-electron chi connectivity index (χ3n) is 4.01. The van der Waals surface area contributed by atoms with Crippen LogP contribution >= 0.6 is 0 Å². The second kappa shape index (κ2) is 7.79. The Bertz CT molecular complexity index is 626. The maximum atomic E-state index is 11.4. The van der Waals surface area contributed by atoms with Gasteiger partial charge < -0.3 is 9.84 Å². The van der Waals surface area contributed by atoms with Crippen LogP contribution in [0.1, 0.15) is 25.7 Å². The molecule has 0 aliphatic carbocycles. The lowest BCUT2D eigenvalue weighted by Crippen LogP contribution is -2.45. The minimum Gasteiger partial charge on any atom is -0.494 e. The van der Waals surface area contributed by atoms with Gasteiger partial charge in [-0.15, -0.1) is 0 Å². The molecule has 0 radical (unpaired) electrons. The van der Waals surface area contributed by atoms with Gasteiger partial charge in [0.15, 0.2) is 9.84 Å². The molecule has 128 valence electrons. The molecule has 1 N–H and O–H groups in total. The fourth-order valence-electron chi connectivity index (χ4n) is 2.78. The number of hydrogen-bond donors (Lipinski definition) is 1. The largest absolute Gasteiger partial charge is 0.494 e. The predicted molar refractivity (Wildman–Crippen MR) is 86.5 cm³/mol. The Hall–Kier alpha value is -1.60. The Morgan fingerprint density at radius 1 is 1.30 bits per heavy atom. The van der Waals surface area contributed by atoms with Gasteiger partial charge in [0.05, 0.1) is 11.5 Å². The smallest absolute Gasteiger partial charge is 0.320 e. The van der Waals surface area contributed by atoms with E-state index < -0.39 is 15.8 Å². The van der Waals surface area contributed by atoms with E-state index in [0.29, 0.717) is 25.3 Å². The molecular weight excluding hydrogens is 318 g/mol. The van der Waals surface area contributed by atoms with Crippen molar-refractivity contribution in [2.75, 3.05) is 26.0 Å². The van der Waals surface area contributed by atoms with E-state index in [-0.39, 0.29) is 10.9 Å². The van der Waals surface area contributed by atoms with E-state index in [1.54, 1.807) is 12.1 Å². The molecule has 0 amide bonds. The topological polar surface area (TPSA) is 83.9 Å². The molecule has 1 heterocycles. The molecule has 1 unspecified atom stereocenters. The van der Waals surface area contributed by atoms with Crippen LogP contribution in [0.4, 0.5) is 0 Å². The van der Waals surface area contributed by atoms with Crippen LogP contribution in [-0.4, -0.2) is 56.4 Å². The number of carbonyl (C=O) groups is 1. The maximum Gasteiger partial charge on any atom is 0.320 e. The van der Waals surface area contributed by atoms with Crippen LogP contribution < -0.4 is 4.74 Å². The summed E-state index contributed by atoms with van der Waals surface area (Å²) in [4.78, 5) is 13.5. The Balaban J connectivity index is 1.77. The van der Waals surface area contributed by atoms with Gasteiger partial charge in [0.2, 0.25) is 0 Å². The molecule has 1 atom stereocenters. The number of nitrogens with zero attached hydrogens (tertiary/aromatic N) is 1. The van der Waals surface area contributed by atoms with Crippen LogP contribution in [0.3, 0.4) is 0 Å². The van der Waals surface area contributed by atoms with Crippen LogP contribution in [0.25, 0.3) is 0 Å². The van der Waals surface area contributed by atoms with E-state index in [0.717, 1.165) is 25.8 Å². The van der Waals surface area contributed by atoms with Gasteiger partial charge in [-0.25, -0.2) is 8.42 Å². The van der Waals surface area contributed by atoms with Crippen LogP contribution in [0.2, 0.25) is 0 Å². The summed E-state index contributed by atoms with van der Waals surface area (Å²) >= 11 is 0. The zero-order valence-corrected chi connectivity index (χ0v) is 14.1. The van der Waals surface area contributed by atoms with Gasteiger partial charge >= 0.3 is 5.97 Å². The lowest BCUT2D eigenvalue weighted by atomic mass is 10.0. The molecule has 6 nitrogen and oxygen atoms in total. The minimum atomic E-state index is -3.19. The van der Waals surface area contributed by atoms with E-state index in [1.165, 1.54) is 18.4 Å². The predicted octanol–water partition coefficient (Wildman–Crippen LogP) is 1.80. The molecule has 1 fully saturated rings. The van der Waals surface area contributed by atoms with Gasteiger partial charge in [0.1, 0.15) is 11.8 Å². The molecule has 2 rings (SSSR count). The van der Waals surface area contributed by atoms with Crippen molar-refractivity contribution in [3.8, 4) is 5.75 Å². The molecule has 1 aliphatic heterocycles. The second-order valence-corrected chi connectivity index (χ2v) is 7.85. The quantitative estimate of drug-likeness (QED) is 0.761. The summed E-state index contributed by atoms with van der Waals surface area (Å²) < 4.78 is 28.3. The highest BCUT2D eigenvalue weighted by Gasteiger charge is 2.27. The first kappa shape index (κ1) is 17.7. The van der Waals surface area contributed by atoms with Gasteiger partial charge in [-0.1, -0.05) is 6.42 Å².